The van der Waals surface area contributed by atoms with Gasteiger partial charge in [0.2, 0.25) is 23.6 Å². The molecule has 3 aliphatic heterocycles. The Morgan fingerprint density at radius 3 is 1.73 bits per heavy atom. The SMILES string of the molecule is O=C1[C@H]2C[C@H]3O[C@H]3C(OC3[C@@H](O)[CH]C[C@H]4C(=O)N(c5cc(Cl)cc(Cl)c5)C(=O)[C@@H]34)[C@H]2C(=O)N1c1cc(Cl)cc(Cl)c1. The molecule has 13 heteroatoms. The first-order chi connectivity index (χ1) is 19.5. The van der Waals surface area contributed by atoms with Gasteiger partial charge in [-0.25, -0.2) is 9.80 Å². The van der Waals surface area contributed by atoms with Gasteiger partial charge >= 0.3 is 0 Å². The zero-order valence-electron chi connectivity index (χ0n) is 21.0. The van der Waals surface area contributed by atoms with Crippen molar-refractivity contribution in [2.45, 2.75) is 43.4 Å². The second-order valence-electron chi connectivity index (χ2n) is 10.9. The number of benzene rings is 2. The minimum Gasteiger partial charge on any atom is -0.390 e. The van der Waals surface area contributed by atoms with E-state index in [0.29, 0.717) is 6.42 Å². The van der Waals surface area contributed by atoms with Crippen molar-refractivity contribution in [3.05, 3.63) is 62.9 Å². The van der Waals surface area contributed by atoms with E-state index >= 15 is 0 Å². The van der Waals surface area contributed by atoms with E-state index in [1.807, 2.05) is 0 Å². The third-order valence-corrected chi connectivity index (χ3v) is 9.46. The van der Waals surface area contributed by atoms with Crippen LogP contribution in [0.1, 0.15) is 12.8 Å². The minimum atomic E-state index is -1.21. The number of imide groups is 2. The van der Waals surface area contributed by atoms with Crippen molar-refractivity contribution in [3.63, 3.8) is 0 Å². The Morgan fingerprint density at radius 1 is 0.707 bits per heavy atom. The van der Waals surface area contributed by atoms with Gasteiger partial charge in [-0.3, -0.25) is 19.2 Å². The second-order valence-corrected chi connectivity index (χ2v) is 12.7. The molecule has 1 radical (unpaired) electrons. The normalized spacial score (nSPS) is 36.0. The molecule has 0 bridgehead atoms. The maximum atomic E-state index is 13.8. The number of epoxide rings is 1. The minimum absolute atomic E-state index is 0.154. The monoisotopic (exact) mass is 637 g/mol. The maximum Gasteiger partial charge on any atom is 0.240 e. The molecule has 1 N–H and O–H groups in total. The molecular formula is C28H21Cl4N2O7. The molecule has 213 valence electrons. The van der Waals surface area contributed by atoms with E-state index < -0.39 is 71.7 Å². The molecule has 5 aliphatic rings. The number of aliphatic hydroxyl groups is 1. The number of rotatable bonds is 4. The van der Waals surface area contributed by atoms with Gasteiger partial charge in [-0.2, -0.15) is 0 Å². The van der Waals surface area contributed by atoms with E-state index in [1.54, 1.807) is 0 Å². The number of aliphatic hydroxyl groups excluding tert-OH is 1. The van der Waals surface area contributed by atoms with Crippen LogP contribution in [0.5, 0.6) is 0 Å². The zero-order valence-corrected chi connectivity index (χ0v) is 24.0. The summed E-state index contributed by atoms with van der Waals surface area (Å²) in [5.41, 5.74) is 0.467. The zero-order chi connectivity index (χ0) is 28.9. The Bertz CT molecular complexity index is 1410. The Labute approximate surface area is 254 Å². The molecule has 5 fully saturated rings. The maximum absolute atomic E-state index is 13.8. The molecule has 2 aromatic rings. The molecule has 7 rings (SSSR count). The van der Waals surface area contributed by atoms with Gasteiger partial charge < -0.3 is 14.6 Å². The molecule has 3 saturated heterocycles. The molecule has 9 atom stereocenters. The lowest BCUT2D eigenvalue weighted by Crippen LogP contribution is -2.52. The van der Waals surface area contributed by atoms with Crippen molar-refractivity contribution in [3.8, 4) is 0 Å². The van der Waals surface area contributed by atoms with Crippen LogP contribution in [0, 0.1) is 30.1 Å². The smallest absolute Gasteiger partial charge is 0.240 e. The van der Waals surface area contributed by atoms with Gasteiger partial charge in [-0.15, -0.1) is 0 Å². The van der Waals surface area contributed by atoms with E-state index in [9.17, 15) is 24.3 Å². The molecular weight excluding hydrogens is 618 g/mol. The van der Waals surface area contributed by atoms with Gasteiger partial charge in [0, 0.05) is 20.1 Å². The number of carbonyl (C=O) groups excluding carboxylic acids is 4. The molecule has 2 aliphatic carbocycles. The van der Waals surface area contributed by atoms with Gasteiger partial charge in [0.05, 0.1) is 59.5 Å². The number of amides is 4. The summed E-state index contributed by atoms with van der Waals surface area (Å²) in [5.74, 6) is -5.46. The van der Waals surface area contributed by atoms with Crippen LogP contribution in [0.2, 0.25) is 20.1 Å². The fourth-order valence-electron chi connectivity index (χ4n) is 6.81. The molecule has 41 heavy (non-hydrogen) atoms. The standard InChI is InChI=1S/C28H21Cl4N2O7/c29-10-3-11(30)6-14(5-10)33-25(36)16-1-2-18(35)22(20(16)27(33)38)41-24-21-17(9-19-23(24)40-19)26(37)34(28(21)39)15-7-12(31)4-13(32)8-15/h2-8,16-24,35H,1,9H2/t16-,17+,18+,19-,20-,21+,22?,23-,24?/m1/s1. The fraction of sp³-hybridized carbons (Fsp3) is 0.393. The summed E-state index contributed by atoms with van der Waals surface area (Å²) in [6.07, 6.45) is -2.10. The third-order valence-electron chi connectivity index (χ3n) is 8.59. The molecule has 0 spiro atoms. The molecule has 0 aromatic heterocycles. The first kappa shape index (κ1) is 27.6. The van der Waals surface area contributed by atoms with Gasteiger partial charge in [0.25, 0.3) is 0 Å². The topological polar surface area (TPSA) is 117 Å². The van der Waals surface area contributed by atoms with Crippen molar-refractivity contribution in [2.24, 2.45) is 23.7 Å². The predicted octanol–water partition coefficient (Wildman–Crippen LogP) is 4.11. The van der Waals surface area contributed by atoms with E-state index in [2.05, 4.69) is 0 Å². The number of hydrogen-bond acceptors (Lipinski definition) is 7. The van der Waals surface area contributed by atoms with E-state index in [4.69, 9.17) is 55.9 Å². The summed E-state index contributed by atoms with van der Waals surface area (Å²) in [7, 11) is 0. The number of nitrogens with zero attached hydrogens (tertiary/aromatic N) is 2. The third kappa shape index (κ3) is 4.40. The number of ether oxygens (including phenoxy) is 2. The lowest BCUT2D eigenvalue weighted by Gasteiger charge is -2.38. The predicted molar refractivity (Wildman–Crippen MR) is 149 cm³/mol. The Balaban J connectivity index is 1.20. The average Bonchev–Trinajstić information content (AvgIpc) is 3.57. The highest BCUT2D eigenvalue weighted by atomic mass is 35.5. The number of hydrogen-bond donors (Lipinski definition) is 1. The molecule has 9 nitrogen and oxygen atoms in total. The molecule has 3 heterocycles. The number of carbonyl (C=O) groups is 4. The highest BCUT2D eigenvalue weighted by Gasteiger charge is 2.66. The average molecular weight is 639 g/mol. The van der Waals surface area contributed by atoms with Crippen LogP contribution in [0.15, 0.2) is 36.4 Å². The van der Waals surface area contributed by atoms with Crippen LogP contribution in [0.4, 0.5) is 11.4 Å². The fourth-order valence-corrected chi connectivity index (χ4v) is 7.84. The number of anilines is 2. The van der Waals surface area contributed by atoms with Crippen molar-refractivity contribution in [2.75, 3.05) is 9.80 Å². The molecule has 2 saturated carbocycles. The Hall–Kier alpha value is -2.24. The lowest BCUT2D eigenvalue weighted by atomic mass is 9.75. The first-order valence-corrected chi connectivity index (χ1v) is 14.5. The van der Waals surface area contributed by atoms with Crippen molar-refractivity contribution in [1.29, 1.82) is 0 Å². The summed E-state index contributed by atoms with van der Waals surface area (Å²) in [4.78, 5) is 56.5. The van der Waals surface area contributed by atoms with Gasteiger partial charge in [-0.1, -0.05) is 46.4 Å². The van der Waals surface area contributed by atoms with Gasteiger partial charge in [0.15, 0.2) is 0 Å². The molecule has 4 amide bonds. The molecule has 2 aromatic carbocycles. The summed E-state index contributed by atoms with van der Waals surface area (Å²) < 4.78 is 12.2. The summed E-state index contributed by atoms with van der Waals surface area (Å²) in [5, 5.41) is 12.0. The Morgan fingerprint density at radius 2 is 1.20 bits per heavy atom. The Kier molecular flexibility index (Phi) is 6.67. The van der Waals surface area contributed by atoms with Gasteiger partial charge in [0.1, 0.15) is 6.10 Å². The highest BCUT2D eigenvalue weighted by Crippen LogP contribution is 2.52. The summed E-state index contributed by atoms with van der Waals surface area (Å²) in [6.45, 7) is 0. The quantitative estimate of drug-likeness (QED) is 0.396. The molecule has 2 unspecified atom stereocenters. The van der Waals surface area contributed by atoms with Crippen LogP contribution in [0.25, 0.3) is 0 Å². The van der Waals surface area contributed by atoms with Crippen molar-refractivity contribution < 1.29 is 33.8 Å². The van der Waals surface area contributed by atoms with E-state index in [-0.39, 0.29) is 44.0 Å². The van der Waals surface area contributed by atoms with Crippen molar-refractivity contribution in [1.82, 2.24) is 0 Å². The number of halogens is 4. The van der Waals surface area contributed by atoms with Crippen LogP contribution in [-0.4, -0.2) is 59.3 Å². The van der Waals surface area contributed by atoms with E-state index in [1.165, 1.54) is 42.8 Å². The van der Waals surface area contributed by atoms with Crippen LogP contribution >= 0.6 is 46.4 Å². The van der Waals surface area contributed by atoms with E-state index in [0.717, 1.165) is 9.80 Å². The second kappa shape index (κ2) is 9.91. The lowest BCUT2D eigenvalue weighted by molar-refractivity contribution is -0.160. The summed E-state index contributed by atoms with van der Waals surface area (Å²) >= 11 is 24.6. The number of fused-ring (bicyclic) bond motifs is 3. The largest absolute Gasteiger partial charge is 0.390 e. The highest BCUT2D eigenvalue weighted by molar-refractivity contribution is 6.36. The van der Waals surface area contributed by atoms with Crippen LogP contribution in [-0.2, 0) is 28.7 Å². The summed E-state index contributed by atoms with van der Waals surface area (Å²) in [6, 6.07) is 8.88. The van der Waals surface area contributed by atoms with Gasteiger partial charge in [-0.05, 0) is 55.7 Å². The van der Waals surface area contributed by atoms with Crippen molar-refractivity contribution >= 4 is 81.4 Å². The van der Waals surface area contributed by atoms with Crippen LogP contribution < -0.4 is 9.80 Å². The van der Waals surface area contributed by atoms with Crippen LogP contribution in [0.3, 0.4) is 0 Å². The first-order valence-electron chi connectivity index (χ1n) is 13.0.